The number of aromatic nitrogens is 1. The van der Waals surface area contributed by atoms with Gasteiger partial charge >= 0.3 is 29.8 Å². The maximum Gasteiger partial charge on any atom is 0.337 e. The molecule has 5 atom stereocenters. The van der Waals surface area contributed by atoms with Crippen molar-refractivity contribution in [3.05, 3.63) is 29.6 Å². The fourth-order valence-corrected chi connectivity index (χ4v) is 3.32. The van der Waals surface area contributed by atoms with Crippen LogP contribution < -0.4 is 0 Å². The fraction of sp³-hybridized carbons (Fsp3) is 0.524. The highest BCUT2D eigenvalue weighted by Gasteiger charge is 2.53. The van der Waals surface area contributed by atoms with Gasteiger partial charge in [0.2, 0.25) is 0 Å². The van der Waals surface area contributed by atoms with Gasteiger partial charge < -0.3 is 28.4 Å². The van der Waals surface area contributed by atoms with Gasteiger partial charge in [-0.25, -0.2) is 4.79 Å². The van der Waals surface area contributed by atoms with E-state index in [1.165, 1.54) is 32.4 Å². The Morgan fingerprint density at radius 3 is 2.00 bits per heavy atom. The number of ether oxygens (including phenoxy) is 6. The second-order valence-corrected chi connectivity index (χ2v) is 7.08. The Balaban J connectivity index is 2.58. The molecule has 12 heteroatoms. The van der Waals surface area contributed by atoms with Crippen LogP contribution >= 0.6 is 0 Å². The Kier molecular flexibility index (Phi) is 8.85. The molecule has 1 aromatic rings. The molecule has 0 radical (unpaired) electrons. The summed E-state index contributed by atoms with van der Waals surface area (Å²) in [5, 5.41) is 0. The topological polar surface area (TPSA) is 154 Å². The number of carbonyl (C=O) groups excluding carboxylic acids is 5. The predicted octanol–water partition coefficient (Wildman–Crippen LogP) is 0.666. The summed E-state index contributed by atoms with van der Waals surface area (Å²) in [5.41, 5.74) is 0.269. The molecule has 1 aromatic heterocycles. The zero-order chi connectivity index (χ0) is 24.7. The highest BCUT2D eigenvalue weighted by Crippen LogP contribution is 2.37. The summed E-state index contributed by atoms with van der Waals surface area (Å²) < 4.78 is 31.8. The number of carbonyl (C=O) groups is 5. The Morgan fingerprint density at radius 2 is 1.45 bits per heavy atom. The summed E-state index contributed by atoms with van der Waals surface area (Å²) in [6.45, 7) is 4.18. The van der Waals surface area contributed by atoms with Crippen LogP contribution in [0.1, 0.15) is 49.9 Å². The van der Waals surface area contributed by atoms with Crippen molar-refractivity contribution in [2.45, 2.75) is 58.2 Å². The van der Waals surface area contributed by atoms with Crippen molar-refractivity contribution in [3.63, 3.8) is 0 Å². The third-order valence-corrected chi connectivity index (χ3v) is 4.48. The molecule has 2 heterocycles. The molecular weight excluding hydrogens is 442 g/mol. The van der Waals surface area contributed by atoms with E-state index in [2.05, 4.69) is 4.98 Å². The highest BCUT2D eigenvalue weighted by atomic mass is 16.7. The summed E-state index contributed by atoms with van der Waals surface area (Å²) in [5.74, 6) is -3.51. The second-order valence-electron chi connectivity index (χ2n) is 7.08. The number of esters is 5. The summed E-state index contributed by atoms with van der Waals surface area (Å²) in [4.78, 5) is 63.0. The van der Waals surface area contributed by atoms with Gasteiger partial charge in [-0.15, -0.1) is 0 Å². The molecule has 0 spiro atoms. The number of nitrogens with zero attached hydrogens (tertiary/aromatic N) is 1. The first-order chi connectivity index (χ1) is 15.5. The lowest BCUT2D eigenvalue weighted by atomic mass is 9.92. The zero-order valence-corrected chi connectivity index (χ0v) is 18.8. The monoisotopic (exact) mass is 467 g/mol. The minimum absolute atomic E-state index is 0.135. The molecule has 0 amide bonds. The second kappa shape index (κ2) is 11.4. The standard InChI is InChI=1S/C21H25NO11/c1-10(23)29-9-16-18(30-11(2)24)20(32-13(4)26)19(31-12(3)25)17(33-16)15-8-14(6-7-22-15)21(27)28-5/h6-8,16-20H,9H2,1-5H3/t16-,17-,18-,19+,20+/m1/s1. The number of hydrogen-bond donors (Lipinski definition) is 0. The molecule has 2 rings (SSSR count). The van der Waals surface area contributed by atoms with Crippen molar-refractivity contribution in [1.29, 1.82) is 0 Å². The van der Waals surface area contributed by atoms with E-state index in [9.17, 15) is 24.0 Å². The van der Waals surface area contributed by atoms with Crippen LogP contribution in [0.25, 0.3) is 0 Å². The van der Waals surface area contributed by atoms with Gasteiger partial charge in [0.05, 0.1) is 18.4 Å². The van der Waals surface area contributed by atoms with Crippen molar-refractivity contribution in [2.24, 2.45) is 0 Å². The van der Waals surface area contributed by atoms with Crippen LogP contribution in [0.3, 0.4) is 0 Å². The van der Waals surface area contributed by atoms with Gasteiger partial charge in [-0.05, 0) is 12.1 Å². The third kappa shape index (κ3) is 6.97. The van der Waals surface area contributed by atoms with Gasteiger partial charge in [-0.3, -0.25) is 24.2 Å². The quantitative estimate of drug-likeness (QED) is 0.409. The first kappa shape index (κ1) is 25.7. The van der Waals surface area contributed by atoms with Crippen molar-refractivity contribution in [3.8, 4) is 0 Å². The largest absolute Gasteiger partial charge is 0.465 e. The number of pyridine rings is 1. The van der Waals surface area contributed by atoms with Crippen molar-refractivity contribution < 1.29 is 52.4 Å². The molecule has 1 fully saturated rings. The van der Waals surface area contributed by atoms with Gasteiger partial charge in [0.15, 0.2) is 18.3 Å². The minimum atomic E-state index is -1.34. The molecule has 0 bridgehead atoms. The van der Waals surface area contributed by atoms with E-state index in [0.29, 0.717) is 0 Å². The molecule has 180 valence electrons. The summed E-state index contributed by atoms with van der Waals surface area (Å²) in [6.07, 6.45) is -4.92. The van der Waals surface area contributed by atoms with Crippen LogP contribution in [-0.4, -0.2) is 73.0 Å². The van der Waals surface area contributed by atoms with E-state index < -0.39 is 60.4 Å². The van der Waals surface area contributed by atoms with E-state index in [1.54, 1.807) is 0 Å². The van der Waals surface area contributed by atoms with Crippen LogP contribution in [0.4, 0.5) is 0 Å². The molecule has 1 aliphatic heterocycles. The third-order valence-electron chi connectivity index (χ3n) is 4.48. The van der Waals surface area contributed by atoms with E-state index >= 15 is 0 Å². The molecule has 0 unspecified atom stereocenters. The summed E-state index contributed by atoms with van der Waals surface area (Å²) in [7, 11) is 1.21. The average Bonchev–Trinajstić information content (AvgIpc) is 2.73. The van der Waals surface area contributed by atoms with Gasteiger partial charge in [0, 0.05) is 33.9 Å². The lowest BCUT2D eigenvalue weighted by Gasteiger charge is -2.44. The molecule has 0 N–H and O–H groups in total. The van der Waals surface area contributed by atoms with E-state index in [4.69, 9.17) is 28.4 Å². The van der Waals surface area contributed by atoms with Crippen LogP contribution in [0.15, 0.2) is 18.3 Å². The Hall–Kier alpha value is -3.54. The van der Waals surface area contributed by atoms with Crippen LogP contribution in [-0.2, 0) is 47.6 Å². The van der Waals surface area contributed by atoms with Crippen LogP contribution in [0.2, 0.25) is 0 Å². The van der Waals surface area contributed by atoms with E-state index in [0.717, 1.165) is 20.8 Å². The zero-order valence-electron chi connectivity index (χ0n) is 18.8. The van der Waals surface area contributed by atoms with Gasteiger partial charge in [-0.1, -0.05) is 0 Å². The van der Waals surface area contributed by atoms with E-state index in [-0.39, 0.29) is 17.9 Å². The molecule has 0 aromatic carbocycles. The SMILES string of the molecule is COC(=O)c1ccnc([C@H]2O[C@H](COC(C)=O)[C@@H](OC(C)=O)[C@H](OC(C)=O)[C@H]2OC(C)=O)c1. The summed E-state index contributed by atoms with van der Waals surface area (Å²) >= 11 is 0. The maximum atomic E-state index is 12.0. The normalized spacial score (nSPS) is 24.2. The molecule has 12 nitrogen and oxygen atoms in total. The van der Waals surface area contributed by atoms with Gasteiger partial charge in [0.1, 0.15) is 18.8 Å². The first-order valence-electron chi connectivity index (χ1n) is 9.88. The average molecular weight is 467 g/mol. The molecule has 1 aliphatic rings. The molecule has 33 heavy (non-hydrogen) atoms. The van der Waals surface area contributed by atoms with Crippen molar-refractivity contribution in [1.82, 2.24) is 4.98 Å². The maximum absolute atomic E-state index is 12.0. The number of hydrogen-bond acceptors (Lipinski definition) is 12. The molecule has 1 saturated heterocycles. The summed E-state index contributed by atoms with van der Waals surface area (Å²) in [6, 6.07) is 2.76. The smallest absolute Gasteiger partial charge is 0.337 e. The lowest BCUT2D eigenvalue weighted by molar-refractivity contribution is -0.255. The van der Waals surface area contributed by atoms with Crippen molar-refractivity contribution >= 4 is 29.8 Å². The van der Waals surface area contributed by atoms with Crippen LogP contribution in [0.5, 0.6) is 0 Å². The van der Waals surface area contributed by atoms with Crippen LogP contribution in [0, 0.1) is 0 Å². The Bertz CT molecular complexity index is 915. The van der Waals surface area contributed by atoms with Gasteiger partial charge in [-0.2, -0.15) is 0 Å². The van der Waals surface area contributed by atoms with Crippen molar-refractivity contribution in [2.75, 3.05) is 13.7 Å². The first-order valence-corrected chi connectivity index (χ1v) is 9.88. The van der Waals surface area contributed by atoms with E-state index in [1.807, 2.05) is 0 Å². The highest BCUT2D eigenvalue weighted by molar-refractivity contribution is 5.89. The Morgan fingerprint density at radius 1 is 0.879 bits per heavy atom. The number of methoxy groups -OCH3 is 1. The molecule has 0 aliphatic carbocycles. The minimum Gasteiger partial charge on any atom is -0.465 e. The molecular formula is C21H25NO11. The fourth-order valence-electron chi connectivity index (χ4n) is 3.32. The molecule has 0 saturated carbocycles. The lowest BCUT2D eigenvalue weighted by Crippen LogP contribution is -2.59. The number of rotatable bonds is 7. The predicted molar refractivity (Wildman–Crippen MR) is 106 cm³/mol. The van der Waals surface area contributed by atoms with Gasteiger partial charge in [0.25, 0.3) is 0 Å². The Labute approximate surface area is 189 Å².